The molecule has 0 saturated heterocycles. The predicted octanol–water partition coefficient (Wildman–Crippen LogP) is 2.44. The summed E-state index contributed by atoms with van der Waals surface area (Å²) in [4.78, 5) is 10.7. The van der Waals surface area contributed by atoms with Gasteiger partial charge in [-0.05, 0) is 19.8 Å². The van der Waals surface area contributed by atoms with E-state index in [1.807, 2.05) is 22.6 Å². The number of nitrogens with one attached hydrogen (secondary N) is 1. The largest absolute Gasteiger partial charge is 0.463 e. The third-order valence-electron chi connectivity index (χ3n) is 1.81. The van der Waals surface area contributed by atoms with Crippen LogP contribution in [0.15, 0.2) is 0 Å². The smallest absolute Gasteiger partial charge is 0.315 e. The van der Waals surface area contributed by atoms with Gasteiger partial charge in [-0.25, -0.2) is 0 Å². The molecule has 0 saturated carbocycles. The van der Waals surface area contributed by atoms with Gasteiger partial charge in [0, 0.05) is 12.3 Å². The van der Waals surface area contributed by atoms with Crippen LogP contribution in [-0.4, -0.2) is 49.1 Å². The molecule has 7 heteroatoms. The lowest BCUT2D eigenvalue weighted by Crippen LogP contribution is -2.13. The number of esters is 1. The Hall–Kier alpha value is 0.520. The van der Waals surface area contributed by atoms with Crippen LogP contribution >= 0.6 is 46.6 Å². The Morgan fingerprint density at radius 2 is 1.67 bits per heavy atom. The molecule has 0 unspecified atom stereocenters. The molecule has 0 fully saturated rings. The third kappa shape index (κ3) is 16.5. The van der Waals surface area contributed by atoms with Crippen molar-refractivity contribution in [2.24, 2.45) is 0 Å². The highest BCUT2D eigenvalue weighted by Gasteiger charge is 1.98. The lowest BCUT2D eigenvalue weighted by atomic mass is 10.2. The molecule has 0 aliphatic rings. The number of ether oxygens (including phenoxy) is 3. The summed E-state index contributed by atoms with van der Waals surface area (Å²) in [5.74, 6) is -0.215. The van der Waals surface area contributed by atoms with Gasteiger partial charge in [0.1, 0.15) is 6.61 Å². The van der Waals surface area contributed by atoms with Gasteiger partial charge < -0.3 is 19.6 Å². The van der Waals surface area contributed by atoms with Crippen LogP contribution in [0.25, 0.3) is 0 Å². The summed E-state index contributed by atoms with van der Waals surface area (Å²) in [6, 6.07) is 0. The first-order valence-corrected chi connectivity index (χ1v) is 7.10. The van der Waals surface area contributed by atoms with Crippen molar-refractivity contribution >= 4 is 58.2 Å². The summed E-state index contributed by atoms with van der Waals surface area (Å²) in [6.45, 7) is 4.20. The Labute approximate surface area is 139 Å². The van der Waals surface area contributed by atoms with Crippen LogP contribution < -0.4 is 0 Å². The molecule has 5 nitrogen and oxygen atoms in total. The molecule has 108 valence electrons. The van der Waals surface area contributed by atoms with E-state index < -0.39 is 0 Å². The van der Waals surface area contributed by atoms with Crippen molar-refractivity contribution in [1.29, 1.82) is 5.41 Å². The maximum Gasteiger partial charge on any atom is 0.315 e. The van der Waals surface area contributed by atoms with Gasteiger partial charge >= 0.3 is 5.97 Å². The van der Waals surface area contributed by atoms with Crippen LogP contribution in [0.1, 0.15) is 19.8 Å². The molecule has 18 heavy (non-hydrogen) atoms. The van der Waals surface area contributed by atoms with Crippen molar-refractivity contribution in [2.45, 2.75) is 19.8 Å². The van der Waals surface area contributed by atoms with E-state index in [1.54, 1.807) is 6.92 Å². The molecule has 0 aromatic carbocycles. The van der Waals surface area contributed by atoms with Gasteiger partial charge in [-0.2, -0.15) is 0 Å². The molecule has 0 atom stereocenters. The Balaban J connectivity index is 0. The summed E-state index contributed by atoms with van der Waals surface area (Å²) in [5.41, 5.74) is 0.682. The fourth-order valence-corrected chi connectivity index (χ4v) is 1.23. The minimum atomic E-state index is -0.215. The standard InChI is InChI=1S/C11H20INO4.HI/c1-10(13)3-2-4-15-5-6-16-7-8-17-11(14)9-12;/h13H,2-9H2,1H3;1H. The zero-order valence-electron chi connectivity index (χ0n) is 10.6. The van der Waals surface area contributed by atoms with E-state index in [0.717, 1.165) is 12.8 Å². The molecule has 0 aliphatic carbocycles. The number of halogens is 2. The second-order valence-electron chi connectivity index (χ2n) is 3.46. The van der Waals surface area contributed by atoms with E-state index in [4.69, 9.17) is 19.6 Å². The first-order valence-electron chi connectivity index (χ1n) is 5.58. The number of rotatable bonds is 11. The van der Waals surface area contributed by atoms with Crippen molar-refractivity contribution in [3.63, 3.8) is 0 Å². The third-order valence-corrected chi connectivity index (χ3v) is 2.44. The van der Waals surface area contributed by atoms with Gasteiger partial charge in [0.05, 0.1) is 24.2 Å². The Kier molecular flexibility index (Phi) is 18.0. The van der Waals surface area contributed by atoms with E-state index in [1.165, 1.54) is 0 Å². The SMILES string of the molecule is CC(=N)CCCOCCOCCOC(=O)CI.I. The van der Waals surface area contributed by atoms with Gasteiger partial charge in [0.25, 0.3) is 0 Å². The van der Waals surface area contributed by atoms with Gasteiger partial charge in [0.15, 0.2) is 0 Å². The highest BCUT2D eigenvalue weighted by Crippen LogP contribution is 1.92. The summed E-state index contributed by atoms with van der Waals surface area (Å²) in [7, 11) is 0. The van der Waals surface area contributed by atoms with Crippen LogP contribution in [0.3, 0.4) is 0 Å². The number of alkyl halides is 1. The van der Waals surface area contributed by atoms with Crippen molar-refractivity contribution < 1.29 is 19.0 Å². The maximum absolute atomic E-state index is 10.7. The molecule has 0 aromatic heterocycles. The second kappa shape index (κ2) is 15.6. The Bertz CT molecular complexity index is 227. The first-order chi connectivity index (χ1) is 8.16. The van der Waals surface area contributed by atoms with E-state index in [9.17, 15) is 4.79 Å². The first kappa shape index (κ1) is 20.8. The monoisotopic (exact) mass is 485 g/mol. The molecule has 0 aromatic rings. The van der Waals surface area contributed by atoms with E-state index >= 15 is 0 Å². The van der Waals surface area contributed by atoms with Crippen molar-refractivity contribution in [2.75, 3.05) is 37.5 Å². The highest BCUT2D eigenvalue weighted by molar-refractivity contribution is 14.1. The molecule has 0 heterocycles. The van der Waals surface area contributed by atoms with Gasteiger partial charge in [0.2, 0.25) is 0 Å². The van der Waals surface area contributed by atoms with Gasteiger partial charge in [-0.3, -0.25) is 4.79 Å². The van der Waals surface area contributed by atoms with Crippen molar-refractivity contribution in [3.8, 4) is 0 Å². The Morgan fingerprint density at radius 1 is 1.11 bits per heavy atom. The number of hydrogen-bond acceptors (Lipinski definition) is 5. The number of carbonyl (C=O) groups excluding carboxylic acids is 1. The summed E-state index contributed by atoms with van der Waals surface area (Å²) in [6.07, 6.45) is 1.66. The van der Waals surface area contributed by atoms with E-state index in [0.29, 0.717) is 43.2 Å². The fourth-order valence-electron chi connectivity index (χ4n) is 1.01. The molecule has 0 aliphatic heterocycles. The minimum Gasteiger partial charge on any atom is -0.463 e. The molecule has 0 bridgehead atoms. The lowest BCUT2D eigenvalue weighted by Gasteiger charge is -2.06. The summed E-state index contributed by atoms with van der Waals surface area (Å²) in [5, 5.41) is 7.22. The van der Waals surface area contributed by atoms with Crippen LogP contribution in [-0.2, 0) is 19.0 Å². The number of carbonyl (C=O) groups is 1. The average molecular weight is 485 g/mol. The molecule has 1 N–H and O–H groups in total. The second-order valence-corrected chi connectivity index (χ2v) is 4.23. The zero-order valence-corrected chi connectivity index (χ0v) is 15.1. The van der Waals surface area contributed by atoms with Crippen molar-refractivity contribution in [1.82, 2.24) is 0 Å². The molecule has 0 radical (unpaired) electrons. The quantitative estimate of drug-likeness (QED) is 0.161. The van der Waals surface area contributed by atoms with Crippen LogP contribution in [0.2, 0.25) is 0 Å². The van der Waals surface area contributed by atoms with Crippen LogP contribution in [0.4, 0.5) is 0 Å². The molecule has 0 rings (SSSR count). The topological polar surface area (TPSA) is 68.6 Å². The average Bonchev–Trinajstić information content (AvgIpc) is 2.30. The Morgan fingerprint density at radius 3 is 2.22 bits per heavy atom. The summed E-state index contributed by atoms with van der Waals surface area (Å²) < 4.78 is 15.7. The van der Waals surface area contributed by atoms with Gasteiger partial charge in [-0.1, -0.05) is 22.6 Å². The summed E-state index contributed by atoms with van der Waals surface area (Å²) >= 11 is 1.95. The lowest BCUT2D eigenvalue weighted by molar-refractivity contribution is -0.141. The highest BCUT2D eigenvalue weighted by atomic mass is 127. The van der Waals surface area contributed by atoms with Crippen LogP contribution in [0, 0.1) is 5.41 Å². The minimum absolute atomic E-state index is 0. The van der Waals surface area contributed by atoms with Crippen molar-refractivity contribution in [3.05, 3.63) is 0 Å². The van der Waals surface area contributed by atoms with Crippen LogP contribution in [0.5, 0.6) is 0 Å². The fraction of sp³-hybridized carbons (Fsp3) is 0.818. The van der Waals surface area contributed by atoms with Gasteiger partial charge in [-0.15, -0.1) is 24.0 Å². The predicted molar refractivity (Wildman–Crippen MR) is 89.5 cm³/mol. The molecule has 0 amide bonds. The molecule has 0 spiro atoms. The maximum atomic E-state index is 10.7. The normalized spacial score (nSPS) is 9.67. The number of hydrogen-bond donors (Lipinski definition) is 1. The molecular weight excluding hydrogens is 464 g/mol. The zero-order chi connectivity index (χ0) is 12.9. The van der Waals surface area contributed by atoms with E-state index in [-0.39, 0.29) is 29.9 Å². The van der Waals surface area contributed by atoms with E-state index in [2.05, 4.69) is 0 Å². The molecular formula is C11H21I2NO4.